The molecule has 1 heterocycles. The van der Waals surface area contributed by atoms with Gasteiger partial charge >= 0.3 is 5.97 Å². The number of aryl methyl sites for hydroxylation is 1. The number of aromatic nitrogens is 2. The average Bonchev–Trinajstić information content (AvgIpc) is 3.08. The van der Waals surface area contributed by atoms with Gasteiger partial charge in [0, 0.05) is 0 Å². The molecule has 0 aliphatic heterocycles. The predicted molar refractivity (Wildman–Crippen MR) is 102 cm³/mol. The summed E-state index contributed by atoms with van der Waals surface area (Å²) in [7, 11) is 1.33. The second-order valence-electron chi connectivity index (χ2n) is 5.44. The van der Waals surface area contributed by atoms with Crippen LogP contribution in [0.25, 0.3) is 0 Å². The summed E-state index contributed by atoms with van der Waals surface area (Å²) in [6.45, 7) is 5.84. The number of carbonyl (C=O) groups excluding carboxylic acids is 2. The Bertz CT molecular complexity index is 779. The van der Waals surface area contributed by atoms with E-state index in [1.54, 1.807) is 0 Å². The number of carbonyl (C=O) groups is 2. The summed E-state index contributed by atoms with van der Waals surface area (Å²) in [4.78, 5) is 23.6. The molecule has 1 N–H and O–H groups in total. The number of ether oxygens (including phenoxy) is 2. The lowest BCUT2D eigenvalue weighted by molar-refractivity contribution is -0.137. The number of hydrogen-bond donors (Lipinski definition) is 1. The van der Waals surface area contributed by atoms with Gasteiger partial charge in [-0.15, -0.1) is 10.2 Å². The monoisotopic (exact) mass is 395 g/mol. The lowest BCUT2D eigenvalue weighted by atomic mass is 10.1. The lowest BCUT2D eigenvalue weighted by Gasteiger charge is -2.18. The molecule has 0 spiro atoms. The quantitative estimate of drug-likeness (QED) is 0.417. The number of nitrogens with zero attached hydrogens (tertiary/aromatic N) is 2. The lowest BCUT2D eigenvalue weighted by Crippen LogP contribution is -2.32. The maximum Gasteiger partial charge on any atom is 0.316 e. The smallest absolute Gasteiger partial charge is 0.316 e. The van der Waals surface area contributed by atoms with Crippen LogP contribution in [-0.2, 0) is 14.3 Å². The number of rotatable bonds is 8. The fourth-order valence-electron chi connectivity index (χ4n) is 2.01. The highest BCUT2D eigenvalue weighted by Gasteiger charge is 2.21. The Morgan fingerprint density at radius 1 is 1.31 bits per heavy atom. The summed E-state index contributed by atoms with van der Waals surface area (Å²) in [5.41, 5.74) is 2.12. The van der Waals surface area contributed by atoms with E-state index in [2.05, 4.69) is 20.3 Å². The number of anilines is 1. The number of benzene rings is 1. The van der Waals surface area contributed by atoms with E-state index in [9.17, 15) is 9.59 Å². The van der Waals surface area contributed by atoms with E-state index in [4.69, 9.17) is 4.74 Å². The van der Waals surface area contributed by atoms with Crippen molar-refractivity contribution in [1.82, 2.24) is 10.2 Å². The highest BCUT2D eigenvalue weighted by molar-refractivity contribution is 8.01. The standard InChI is InChI=1S/C17H21N3O4S2/c1-5-12(24-13-8-6-7-10(2)11(13)3)15(22)18-16-19-20-17(26-16)25-9-14(21)23-4/h6-8,12H,5,9H2,1-4H3,(H,18,19,22)/t12-/m1/s1. The molecule has 1 atom stereocenters. The van der Waals surface area contributed by atoms with Crippen molar-refractivity contribution in [2.75, 3.05) is 18.2 Å². The van der Waals surface area contributed by atoms with Gasteiger partial charge in [0.05, 0.1) is 12.9 Å². The molecule has 9 heteroatoms. The zero-order chi connectivity index (χ0) is 19.1. The van der Waals surface area contributed by atoms with Gasteiger partial charge in [0.15, 0.2) is 10.4 Å². The number of thioether (sulfide) groups is 1. The summed E-state index contributed by atoms with van der Waals surface area (Å²) in [6.07, 6.45) is -0.118. The molecule has 0 saturated heterocycles. The molecular weight excluding hydrogens is 374 g/mol. The molecule has 0 bridgehead atoms. The Morgan fingerprint density at radius 3 is 2.77 bits per heavy atom. The SMILES string of the molecule is CC[C@@H](Oc1cccc(C)c1C)C(=O)Nc1nnc(SCC(=O)OC)s1. The highest BCUT2D eigenvalue weighted by atomic mass is 32.2. The molecule has 140 valence electrons. The van der Waals surface area contributed by atoms with Crippen molar-refractivity contribution in [2.45, 2.75) is 37.6 Å². The van der Waals surface area contributed by atoms with E-state index in [1.165, 1.54) is 30.2 Å². The molecular formula is C17H21N3O4S2. The zero-order valence-electron chi connectivity index (χ0n) is 15.1. The summed E-state index contributed by atoms with van der Waals surface area (Å²) in [6, 6.07) is 5.75. The minimum atomic E-state index is -0.634. The van der Waals surface area contributed by atoms with Gasteiger partial charge in [-0.25, -0.2) is 0 Å². The first-order valence-corrected chi connectivity index (χ1v) is 9.81. The van der Waals surface area contributed by atoms with Crippen molar-refractivity contribution in [1.29, 1.82) is 0 Å². The van der Waals surface area contributed by atoms with Crippen LogP contribution < -0.4 is 10.1 Å². The van der Waals surface area contributed by atoms with Crippen molar-refractivity contribution in [2.24, 2.45) is 0 Å². The largest absolute Gasteiger partial charge is 0.480 e. The summed E-state index contributed by atoms with van der Waals surface area (Å²) in [5.74, 6) is 0.211. The van der Waals surface area contributed by atoms with Gasteiger partial charge < -0.3 is 9.47 Å². The van der Waals surface area contributed by atoms with Crippen molar-refractivity contribution in [3.05, 3.63) is 29.3 Å². The van der Waals surface area contributed by atoms with Crippen LogP contribution in [0.1, 0.15) is 24.5 Å². The zero-order valence-corrected chi connectivity index (χ0v) is 16.7. The van der Waals surface area contributed by atoms with E-state index >= 15 is 0 Å². The van der Waals surface area contributed by atoms with Gasteiger partial charge in [-0.1, -0.05) is 42.2 Å². The highest BCUT2D eigenvalue weighted by Crippen LogP contribution is 2.26. The van der Waals surface area contributed by atoms with Gasteiger partial charge in [-0.05, 0) is 37.5 Å². The summed E-state index contributed by atoms with van der Waals surface area (Å²) < 4.78 is 11.0. The summed E-state index contributed by atoms with van der Waals surface area (Å²) in [5, 5.41) is 10.9. The van der Waals surface area contributed by atoms with Crippen LogP contribution >= 0.6 is 23.1 Å². The van der Waals surface area contributed by atoms with E-state index in [0.29, 0.717) is 21.6 Å². The number of nitrogens with one attached hydrogen (secondary N) is 1. The summed E-state index contributed by atoms with van der Waals surface area (Å²) >= 11 is 2.41. The van der Waals surface area contributed by atoms with Crippen molar-refractivity contribution in [3.8, 4) is 5.75 Å². The second kappa shape index (κ2) is 9.54. The van der Waals surface area contributed by atoms with Gasteiger partial charge in [-0.3, -0.25) is 14.9 Å². The predicted octanol–water partition coefficient (Wildman–Crippen LogP) is 3.22. The van der Waals surface area contributed by atoms with E-state index in [0.717, 1.165) is 11.1 Å². The van der Waals surface area contributed by atoms with Crippen LogP contribution in [0.5, 0.6) is 5.75 Å². The molecule has 0 aliphatic rings. The molecule has 0 saturated carbocycles. The molecule has 2 aromatic rings. The maximum absolute atomic E-state index is 12.5. The van der Waals surface area contributed by atoms with Gasteiger partial charge in [0.2, 0.25) is 5.13 Å². The first kappa shape index (κ1) is 20.2. The van der Waals surface area contributed by atoms with E-state index < -0.39 is 6.10 Å². The fraction of sp³-hybridized carbons (Fsp3) is 0.412. The first-order chi connectivity index (χ1) is 12.4. The first-order valence-electron chi connectivity index (χ1n) is 8.01. The topological polar surface area (TPSA) is 90.4 Å². The van der Waals surface area contributed by atoms with Gasteiger partial charge in [-0.2, -0.15) is 0 Å². The third-order valence-corrected chi connectivity index (χ3v) is 5.61. The van der Waals surface area contributed by atoms with Crippen molar-refractivity contribution in [3.63, 3.8) is 0 Å². The van der Waals surface area contributed by atoms with Crippen molar-refractivity contribution >= 4 is 40.1 Å². The van der Waals surface area contributed by atoms with E-state index in [-0.39, 0.29) is 17.6 Å². The number of methoxy groups -OCH3 is 1. The Kier molecular flexibility index (Phi) is 7.40. The molecule has 0 unspecified atom stereocenters. The third-order valence-electron chi connectivity index (χ3n) is 3.67. The van der Waals surface area contributed by atoms with Crippen LogP contribution in [0.3, 0.4) is 0 Å². The van der Waals surface area contributed by atoms with Crippen LogP contribution in [0, 0.1) is 13.8 Å². The number of hydrogen-bond acceptors (Lipinski definition) is 8. The Hall–Kier alpha value is -2.13. The molecule has 26 heavy (non-hydrogen) atoms. The molecule has 0 fully saturated rings. The van der Waals surface area contributed by atoms with Gasteiger partial charge in [0.25, 0.3) is 5.91 Å². The molecule has 1 aromatic carbocycles. The number of amides is 1. The third kappa shape index (κ3) is 5.43. The fourth-order valence-corrected chi connectivity index (χ4v) is 3.60. The minimum Gasteiger partial charge on any atom is -0.480 e. The molecule has 2 rings (SSSR count). The van der Waals surface area contributed by atoms with Crippen LogP contribution in [0.4, 0.5) is 5.13 Å². The minimum absolute atomic E-state index is 0.145. The average molecular weight is 396 g/mol. The van der Waals surface area contributed by atoms with Gasteiger partial charge in [0.1, 0.15) is 5.75 Å². The van der Waals surface area contributed by atoms with Crippen molar-refractivity contribution < 1.29 is 19.1 Å². The van der Waals surface area contributed by atoms with E-state index in [1.807, 2.05) is 39.0 Å². The Labute approximate surface area is 160 Å². The molecule has 7 nitrogen and oxygen atoms in total. The normalized spacial score (nSPS) is 11.7. The Morgan fingerprint density at radius 2 is 2.08 bits per heavy atom. The Balaban J connectivity index is 1.97. The molecule has 1 aromatic heterocycles. The number of esters is 1. The molecule has 0 radical (unpaired) electrons. The molecule has 1 amide bonds. The second-order valence-corrected chi connectivity index (χ2v) is 7.64. The molecule has 0 aliphatic carbocycles. The van der Waals surface area contributed by atoms with Crippen LogP contribution in [-0.4, -0.2) is 41.0 Å². The maximum atomic E-state index is 12.5. The van der Waals surface area contributed by atoms with Crippen LogP contribution in [0.2, 0.25) is 0 Å². The van der Waals surface area contributed by atoms with Crippen LogP contribution in [0.15, 0.2) is 22.5 Å².